The number of carbonyl (C=O) groups excluding carboxylic acids is 3. The summed E-state index contributed by atoms with van der Waals surface area (Å²) in [7, 11) is 0. The van der Waals surface area contributed by atoms with Gasteiger partial charge in [0.2, 0.25) is 0 Å². The van der Waals surface area contributed by atoms with Crippen molar-refractivity contribution in [3.63, 3.8) is 0 Å². The van der Waals surface area contributed by atoms with Gasteiger partial charge in [-0.05, 0) is 31.2 Å². The molecular formula is C13H13N3O3S. The van der Waals surface area contributed by atoms with Crippen molar-refractivity contribution < 1.29 is 14.4 Å². The third-order valence-corrected chi connectivity index (χ3v) is 3.45. The third kappa shape index (κ3) is 3.67. The Kier molecular flexibility index (Phi) is 4.52. The van der Waals surface area contributed by atoms with Gasteiger partial charge in [0.25, 0.3) is 0 Å². The molecule has 1 heterocycles. The first-order valence-electron chi connectivity index (χ1n) is 5.97. The normalized spacial score (nSPS) is 13.6. The molecular weight excluding hydrogens is 278 g/mol. The molecule has 104 valence electrons. The molecule has 0 unspecified atom stereocenters. The minimum Gasteiger partial charge on any atom is -0.318 e. The van der Waals surface area contributed by atoms with Crippen LogP contribution in [0.3, 0.4) is 0 Å². The second kappa shape index (κ2) is 6.33. The lowest BCUT2D eigenvalue weighted by Gasteiger charge is -2.06. The summed E-state index contributed by atoms with van der Waals surface area (Å²) in [5.41, 5.74) is 1.00. The first-order valence-corrected chi connectivity index (χ1v) is 6.95. The minimum atomic E-state index is -0.768. The molecule has 2 amide bonds. The minimum absolute atomic E-state index is 0.0584. The monoisotopic (exact) mass is 291 g/mol. The molecule has 6 nitrogen and oxygen atoms in total. The van der Waals surface area contributed by atoms with Gasteiger partial charge < -0.3 is 5.32 Å². The van der Waals surface area contributed by atoms with Crippen molar-refractivity contribution in [3.05, 3.63) is 29.8 Å². The van der Waals surface area contributed by atoms with Gasteiger partial charge in [-0.15, -0.1) is 0 Å². The molecule has 0 fully saturated rings. The van der Waals surface area contributed by atoms with E-state index in [0.717, 1.165) is 5.75 Å². The second-order valence-electron chi connectivity index (χ2n) is 4.08. The third-order valence-electron chi connectivity index (χ3n) is 2.56. The van der Waals surface area contributed by atoms with E-state index in [0.29, 0.717) is 23.0 Å². The first kappa shape index (κ1) is 14.3. The highest BCUT2D eigenvalue weighted by Gasteiger charge is 2.17. The Morgan fingerprint density at radius 3 is 2.30 bits per heavy atom. The topological polar surface area (TPSA) is 87.6 Å². The van der Waals surface area contributed by atoms with Crippen LogP contribution >= 0.6 is 11.8 Å². The molecule has 2 rings (SSSR count). The number of nitrogens with zero attached hydrogens (tertiary/aromatic N) is 1. The lowest BCUT2D eigenvalue weighted by molar-refractivity contribution is -0.135. The van der Waals surface area contributed by atoms with E-state index in [-0.39, 0.29) is 5.78 Å². The van der Waals surface area contributed by atoms with E-state index in [1.807, 2.05) is 0 Å². The summed E-state index contributed by atoms with van der Waals surface area (Å²) in [4.78, 5) is 38.4. The molecule has 0 aromatic heterocycles. The van der Waals surface area contributed by atoms with Crippen LogP contribution in [-0.4, -0.2) is 35.1 Å². The summed E-state index contributed by atoms with van der Waals surface area (Å²) < 4.78 is 0. The van der Waals surface area contributed by atoms with Crippen molar-refractivity contribution in [1.82, 2.24) is 5.32 Å². The zero-order chi connectivity index (χ0) is 14.5. The van der Waals surface area contributed by atoms with Gasteiger partial charge in [0.15, 0.2) is 11.0 Å². The zero-order valence-corrected chi connectivity index (χ0v) is 11.6. The lowest BCUT2D eigenvalue weighted by Crippen LogP contribution is -2.37. The lowest BCUT2D eigenvalue weighted by atomic mass is 10.1. The maximum absolute atomic E-state index is 11.7. The summed E-state index contributed by atoms with van der Waals surface area (Å²) in [6, 6.07) is 6.33. The first-order chi connectivity index (χ1) is 9.56. The Morgan fingerprint density at radius 1 is 1.10 bits per heavy atom. The Balaban J connectivity index is 1.93. The van der Waals surface area contributed by atoms with Crippen molar-refractivity contribution in [2.45, 2.75) is 6.92 Å². The smallest absolute Gasteiger partial charge is 0.315 e. The van der Waals surface area contributed by atoms with E-state index in [1.165, 1.54) is 18.7 Å². The number of nitrogens with one attached hydrogen (secondary N) is 2. The molecule has 0 radical (unpaired) electrons. The van der Waals surface area contributed by atoms with Crippen molar-refractivity contribution in [1.29, 1.82) is 0 Å². The van der Waals surface area contributed by atoms with Gasteiger partial charge in [0.05, 0.1) is 6.54 Å². The fraction of sp³-hybridized carbons (Fsp3) is 0.231. The van der Waals surface area contributed by atoms with Crippen LogP contribution in [0.4, 0.5) is 5.69 Å². The molecule has 20 heavy (non-hydrogen) atoms. The number of thioether (sulfide) groups is 1. The van der Waals surface area contributed by atoms with E-state index in [2.05, 4.69) is 15.6 Å². The van der Waals surface area contributed by atoms with Crippen LogP contribution in [0.5, 0.6) is 0 Å². The van der Waals surface area contributed by atoms with E-state index < -0.39 is 11.8 Å². The van der Waals surface area contributed by atoms with E-state index in [1.54, 1.807) is 24.3 Å². The fourth-order valence-corrected chi connectivity index (χ4v) is 2.26. The van der Waals surface area contributed by atoms with E-state index in [9.17, 15) is 14.4 Å². The summed E-state index contributed by atoms with van der Waals surface area (Å²) >= 11 is 1.40. The average molecular weight is 291 g/mol. The maximum Gasteiger partial charge on any atom is 0.315 e. The van der Waals surface area contributed by atoms with Gasteiger partial charge in [-0.1, -0.05) is 11.8 Å². The molecule has 0 atom stereocenters. The van der Waals surface area contributed by atoms with Crippen LogP contribution in [0.25, 0.3) is 0 Å². The number of anilines is 1. The molecule has 0 spiro atoms. The number of rotatable bonds is 2. The number of hydrogen-bond donors (Lipinski definition) is 2. The predicted molar refractivity (Wildman–Crippen MR) is 78.0 cm³/mol. The molecule has 0 saturated heterocycles. The maximum atomic E-state index is 11.7. The van der Waals surface area contributed by atoms with Crippen LogP contribution in [-0.2, 0) is 9.59 Å². The number of amidine groups is 1. The van der Waals surface area contributed by atoms with Gasteiger partial charge in [0.1, 0.15) is 0 Å². The fourth-order valence-electron chi connectivity index (χ4n) is 1.54. The highest BCUT2D eigenvalue weighted by molar-refractivity contribution is 8.14. The Bertz CT molecular complexity index is 581. The number of amides is 2. The number of Topliss-reactive ketones (excluding diaryl/α,β-unsaturated/α-hetero) is 1. The second-order valence-corrected chi connectivity index (χ2v) is 5.16. The molecule has 7 heteroatoms. The van der Waals surface area contributed by atoms with Crippen LogP contribution < -0.4 is 10.6 Å². The standard InChI is InChI=1S/C13H13N3O3S/c1-8(17)9-2-4-10(5-3-9)15-11(18)12(19)16-13-14-6-7-20-13/h2-5H,6-7H2,1H3,(H,15,18)(H,14,16,19). The van der Waals surface area contributed by atoms with Gasteiger partial charge in [-0.25, -0.2) is 0 Å². The molecule has 1 aromatic carbocycles. The van der Waals surface area contributed by atoms with Crippen LogP contribution in [0.2, 0.25) is 0 Å². The molecule has 1 aliphatic rings. The highest BCUT2D eigenvalue weighted by Crippen LogP contribution is 2.11. The highest BCUT2D eigenvalue weighted by atomic mass is 32.2. The molecule has 0 bridgehead atoms. The molecule has 1 aliphatic heterocycles. The number of carbonyl (C=O) groups is 3. The number of aliphatic imine (C=N–C) groups is 1. The van der Waals surface area contributed by atoms with Crippen molar-refractivity contribution >= 4 is 40.2 Å². The van der Waals surface area contributed by atoms with E-state index in [4.69, 9.17) is 0 Å². The van der Waals surface area contributed by atoms with Crippen molar-refractivity contribution in [2.75, 3.05) is 17.6 Å². The van der Waals surface area contributed by atoms with Crippen LogP contribution in [0.15, 0.2) is 29.3 Å². The van der Waals surface area contributed by atoms with Crippen LogP contribution in [0.1, 0.15) is 17.3 Å². The van der Waals surface area contributed by atoms with Gasteiger partial charge in [0, 0.05) is 17.0 Å². The van der Waals surface area contributed by atoms with E-state index >= 15 is 0 Å². The van der Waals surface area contributed by atoms with Crippen molar-refractivity contribution in [3.8, 4) is 0 Å². The Morgan fingerprint density at radius 2 is 1.75 bits per heavy atom. The molecule has 1 aromatic rings. The summed E-state index contributed by atoms with van der Waals surface area (Å²) in [5, 5.41) is 5.36. The average Bonchev–Trinajstić information content (AvgIpc) is 2.92. The molecule has 0 aliphatic carbocycles. The number of hydrogen-bond acceptors (Lipinski definition) is 5. The SMILES string of the molecule is CC(=O)c1ccc(NC(=O)C(=O)NC2=NCCS2)cc1. The molecule has 0 saturated carbocycles. The number of benzene rings is 1. The Labute approximate surface area is 120 Å². The van der Waals surface area contributed by atoms with Gasteiger partial charge >= 0.3 is 11.8 Å². The van der Waals surface area contributed by atoms with Crippen LogP contribution in [0, 0.1) is 0 Å². The quantitative estimate of drug-likeness (QED) is 0.629. The summed E-state index contributed by atoms with van der Waals surface area (Å²) in [6.45, 7) is 2.11. The molecule has 2 N–H and O–H groups in total. The largest absolute Gasteiger partial charge is 0.318 e. The summed E-state index contributed by atoms with van der Waals surface area (Å²) in [5.74, 6) is -0.773. The number of ketones is 1. The van der Waals surface area contributed by atoms with Gasteiger partial charge in [-0.2, -0.15) is 0 Å². The zero-order valence-electron chi connectivity index (χ0n) is 10.8. The van der Waals surface area contributed by atoms with Crippen molar-refractivity contribution in [2.24, 2.45) is 4.99 Å². The van der Waals surface area contributed by atoms with Gasteiger partial charge in [-0.3, -0.25) is 24.7 Å². The summed E-state index contributed by atoms with van der Waals surface area (Å²) in [6.07, 6.45) is 0. The predicted octanol–water partition coefficient (Wildman–Crippen LogP) is 1.05. The Hall–Kier alpha value is -2.15.